The third kappa shape index (κ3) is 6.84. The molecule has 2 rings (SSSR count). The van der Waals surface area contributed by atoms with E-state index in [2.05, 4.69) is 10.0 Å². The van der Waals surface area contributed by atoms with Crippen molar-refractivity contribution >= 4 is 27.3 Å². The Hall–Kier alpha value is -2.54. The molecule has 7 heteroatoms. The van der Waals surface area contributed by atoms with Crippen LogP contribution in [0, 0.1) is 6.92 Å². The van der Waals surface area contributed by atoms with E-state index in [4.69, 9.17) is 4.74 Å². The van der Waals surface area contributed by atoms with E-state index in [0.717, 1.165) is 17.6 Å². The van der Waals surface area contributed by atoms with E-state index in [-0.39, 0.29) is 12.3 Å². The summed E-state index contributed by atoms with van der Waals surface area (Å²) in [6.07, 6.45) is 1.90. The number of aryl methyl sites for hydroxylation is 1. The Kier molecular flexibility index (Phi) is 6.41. The molecule has 0 radical (unpaired) electrons. The van der Waals surface area contributed by atoms with Crippen molar-refractivity contribution in [2.24, 2.45) is 0 Å². The van der Waals surface area contributed by atoms with Crippen molar-refractivity contribution in [2.75, 3.05) is 22.9 Å². The maximum absolute atomic E-state index is 12.1. The van der Waals surface area contributed by atoms with E-state index in [9.17, 15) is 13.2 Å². The van der Waals surface area contributed by atoms with Crippen LogP contribution >= 0.6 is 0 Å². The molecule has 0 fully saturated rings. The summed E-state index contributed by atoms with van der Waals surface area (Å²) in [5.74, 6) is 0.582. The zero-order chi connectivity index (χ0) is 18.3. The number of carbonyl (C=O) groups excluding carboxylic acids is 1. The number of rotatable bonds is 8. The first-order valence-corrected chi connectivity index (χ1v) is 9.79. The number of hydrogen-bond acceptors (Lipinski definition) is 4. The number of amides is 1. The number of benzene rings is 2. The van der Waals surface area contributed by atoms with Gasteiger partial charge in [0.2, 0.25) is 15.9 Å². The first-order chi connectivity index (χ1) is 11.8. The van der Waals surface area contributed by atoms with E-state index in [1.165, 1.54) is 0 Å². The van der Waals surface area contributed by atoms with Crippen LogP contribution in [0.25, 0.3) is 0 Å². The monoisotopic (exact) mass is 362 g/mol. The van der Waals surface area contributed by atoms with Crippen LogP contribution in [0.3, 0.4) is 0 Å². The van der Waals surface area contributed by atoms with Gasteiger partial charge in [0.05, 0.1) is 24.2 Å². The fourth-order valence-corrected chi connectivity index (χ4v) is 2.80. The summed E-state index contributed by atoms with van der Waals surface area (Å²) in [6, 6.07) is 14.4. The van der Waals surface area contributed by atoms with Gasteiger partial charge in [-0.2, -0.15) is 0 Å². The molecule has 6 nitrogen and oxygen atoms in total. The largest absolute Gasteiger partial charge is 0.494 e. The number of nitrogens with one attached hydrogen (secondary N) is 2. The van der Waals surface area contributed by atoms with Crippen molar-refractivity contribution in [1.82, 2.24) is 0 Å². The lowest BCUT2D eigenvalue weighted by atomic mass is 10.2. The van der Waals surface area contributed by atoms with Crippen molar-refractivity contribution in [3.8, 4) is 5.75 Å². The molecular weight excluding hydrogens is 340 g/mol. The van der Waals surface area contributed by atoms with Crippen molar-refractivity contribution < 1.29 is 17.9 Å². The molecule has 0 aliphatic heterocycles. The molecule has 0 bridgehead atoms. The molecule has 1 amide bonds. The van der Waals surface area contributed by atoms with Crippen molar-refractivity contribution in [1.29, 1.82) is 0 Å². The van der Waals surface area contributed by atoms with Crippen LogP contribution in [0.4, 0.5) is 11.4 Å². The standard InChI is InChI=1S/C18H22N2O4S/c1-14-7-5-8-15(13-14)24-12-6-11-18(21)19-16-9-3-4-10-17(16)20-25(2,22)23/h3-5,7-10,13,20H,6,11-12H2,1-2H3,(H,19,21). The van der Waals surface area contributed by atoms with Gasteiger partial charge < -0.3 is 10.1 Å². The normalized spacial score (nSPS) is 11.0. The van der Waals surface area contributed by atoms with Gasteiger partial charge >= 0.3 is 0 Å². The van der Waals surface area contributed by atoms with Gasteiger partial charge in [-0.05, 0) is 43.2 Å². The van der Waals surface area contributed by atoms with Gasteiger partial charge in [0.1, 0.15) is 5.75 Å². The van der Waals surface area contributed by atoms with Crippen LogP contribution < -0.4 is 14.8 Å². The number of ether oxygens (including phenoxy) is 1. The van der Waals surface area contributed by atoms with E-state index in [1.807, 2.05) is 31.2 Å². The van der Waals surface area contributed by atoms with Crippen molar-refractivity contribution in [3.63, 3.8) is 0 Å². The van der Waals surface area contributed by atoms with Crippen LogP contribution in [-0.4, -0.2) is 27.2 Å². The molecule has 0 saturated carbocycles. The first kappa shape index (κ1) is 18.8. The fraction of sp³-hybridized carbons (Fsp3) is 0.278. The highest BCUT2D eigenvalue weighted by Gasteiger charge is 2.09. The average molecular weight is 362 g/mol. The molecule has 0 saturated heterocycles. The first-order valence-electron chi connectivity index (χ1n) is 7.89. The summed E-state index contributed by atoms with van der Waals surface area (Å²) in [5.41, 5.74) is 1.89. The van der Waals surface area contributed by atoms with Crippen LogP contribution in [-0.2, 0) is 14.8 Å². The minimum Gasteiger partial charge on any atom is -0.494 e. The Labute approximate surface area is 148 Å². The van der Waals surface area contributed by atoms with Gasteiger partial charge in [0.15, 0.2) is 0 Å². The molecule has 0 aliphatic rings. The van der Waals surface area contributed by atoms with Gasteiger partial charge in [0, 0.05) is 6.42 Å². The summed E-state index contributed by atoms with van der Waals surface area (Å²) in [6.45, 7) is 2.42. The molecule has 2 aromatic carbocycles. The highest BCUT2D eigenvalue weighted by Crippen LogP contribution is 2.22. The predicted molar refractivity (Wildman–Crippen MR) is 99.4 cm³/mol. The molecule has 2 aromatic rings. The Morgan fingerprint density at radius 2 is 1.80 bits per heavy atom. The SMILES string of the molecule is Cc1cccc(OCCCC(=O)Nc2ccccc2NS(C)(=O)=O)c1. The Morgan fingerprint density at radius 1 is 1.08 bits per heavy atom. The topological polar surface area (TPSA) is 84.5 Å². The fourth-order valence-electron chi connectivity index (χ4n) is 2.22. The van der Waals surface area contributed by atoms with Gasteiger partial charge in [-0.25, -0.2) is 8.42 Å². The van der Waals surface area contributed by atoms with Gasteiger partial charge in [-0.3, -0.25) is 9.52 Å². The molecule has 0 aliphatic carbocycles. The lowest BCUT2D eigenvalue weighted by Gasteiger charge is -2.12. The van der Waals surface area contributed by atoms with Gasteiger partial charge in [-0.15, -0.1) is 0 Å². The third-order valence-electron chi connectivity index (χ3n) is 3.30. The summed E-state index contributed by atoms with van der Waals surface area (Å²) in [7, 11) is -3.41. The number of para-hydroxylation sites is 2. The van der Waals surface area contributed by atoms with Crippen LogP contribution in [0.5, 0.6) is 5.75 Å². The van der Waals surface area contributed by atoms with Crippen molar-refractivity contribution in [2.45, 2.75) is 19.8 Å². The molecule has 0 aromatic heterocycles. The molecule has 0 atom stereocenters. The number of carbonyl (C=O) groups is 1. The number of anilines is 2. The summed E-state index contributed by atoms with van der Waals surface area (Å²) in [5, 5.41) is 2.72. The second-order valence-corrected chi connectivity index (χ2v) is 7.48. The molecular formula is C18H22N2O4S. The van der Waals surface area contributed by atoms with Crippen LogP contribution in [0.2, 0.25) is 0 Å². The maximum atomic E-state index is 12.1. The minimum atomic E-state index is -3.41. The van der Waals surface area contributed by atoms with E-state index in [0.29, 0.717) is 24.4 Å². The van der Waals surface area contributed by atoms with E-state index >= 15 is 0 Å². The van der Waals surface area contributed by atoms with Gasteiger partial charge in [-0.1, -0.05) is 24.3 Å². The van der Waals surface area contributed by atoms with E-state index in [1.54, 1.807) is 24.3 Å². The van der Waals surface area contributed by atoms with Crippen LogP contribution in [0.1, 0.15) is 18.4 Å². The third-order valence-corrected chi connectivity index (χ3v) is 3.89. The summed E-state index contributed by atoms with van der Waals surface area (Å²) in [4.78, 5) is 12.1. The predicted octanol–water partition coefficient (Wildman–Crippen LogP) is 3.16. The molecule has 0 unspecified atom stereocenters. The quantitative estimate of drug-likeness (QED) is 0.707. The Balaban J connectivity index is 1.82. The zero-order valence-corrected chi connectivity index (χ0v) is 15.1. The molecule has 0 spiro atoms. The minimum absolute atomic E-state index is 0.199. The zero-order valence-electron chi connectivity index (χ0n) is 14.3. The molecule has 0 heterocycles. The van der Waals surface area contributed by atoms with Crippen LogP contribution in [0.15, 0.2) is 48.5 Å². The number of sulfonamides is 1. The summed E-state index contributed by atoms with van der Waals surface area (Å²) < 4.78 is 30.7. The second kappa shape index (κ2) is 8.53. The highest BCUT2D eigenvalue weighted by molar-refractivity contribution is 7.92. The highest BCUT2D eigenvalue weighted by atomic mass is 32.2. The van der Waals surface area contributed by atoms with Crippen molar-refractivity contribution in [3.05, 3.63) is 54.1 Å². The van der Waals surface area contributed by atoms with Gasteiger partial charge in [0.25, 0.3) is 0 Å². The Bertz CT molecular complexity index is 834. The van der Waals surface area contributed by atoms with E-state index < -0.39 is 10.0 Å². The molecule has 134 valence electrons. The lowest BCUT2D eigenvalue weighted by Crippen LogP contribution is -2.16. The Morgan fingerprint density at radius 3 is 2.48 bits per heavy atom. The molecule has 25 heavy (non-hydrogen) atoms. The lowest BCUT2D eigenvalue weighted by molar-refractivity contribution is -0.116. The summed E-state index contributed by atoms with van der Waals surface area (Å²) >= 11 is 0. The number of hydrogen-bond donors (Lipinski definition) is 2. The molecule has 2 N–H and O–H groups in total. The smallest absolute Gasteiger partial charge is 0.229 e. The maximum Gasteiger partial charge on any atom is 0.229 e. The average Bonchev–Trinajstić information content (AvgIpc) is 2.52. The second-order valence-electron chi connectivity index (χ2n) is 5.74.